The molecule has 0 fully saturated rings. The second-order valence-corrected chi connectivity index (χ2v) is 3.62. The molecule has 0 aromatic heterocycles. The monoisotopic (exact) mass is 191 g/mol. The Kier molecular flexibility index (Phi) is 3.42. The van der Waals surface area contributed by atoms with Crippen molar-refractivity contribution in [2.75, 3.05) is 7.05 Å². The summed E-state index contributed by atoms with van der Waals surface area (Å²) >= 11 is 0. The van der Waals surface area contributed by atoms with Crippen molar-refractivity contribution in [3.05, 3.63) is 34.9 Å². The first-order chi connectivity index (χ1) is 6.57. The highest BCUT2D eigenvalue weighted by Crippen LogP contribution is 2.14. The summed E-state index contributed by atoms with van der Waals surface area (Å²) in [6.45, 7) is 5.89. The van der Waals surface area contributed by atoms with Gasteiger partial charge in [-0.25, -0.2) is 0 Å². The zero-order chi connectivity index (χ0) is 10.7. The van der Waals surface area contributed by atoms with Crippen molar-refractivity contribution >= 4 is 5.78 Å². The highest BCUT2D eigenvalue weighted by molar-refractivity contribution is 6.01. The van der Waals surface area contributed by atoms with E-state index in [4.69, 9.17) is 0 Å². The molecule has 0 spiro atoms. The van der Waals surface area contributed by atoms with Gasteiger partial charge in [-0.05, 0) is 38.9 Å². The fourth-order valence-corrected chi connectivity index (χ4v) is 1.38. The van der Waals surface area contributed by atoms with Gasteiger partial charge in [0, 0.05) is 5.56 Å². The number of benzene rings is 1. The van der Waals surface area contributed by atoms with Crippen LogP contribution in [-0.4, -0.2) is 18.9 Å². The SMILES string of the molecule is CNC(C)C(=O)c1cccc(C)c1C. The van der Waals surface area contributed by atoms with E-state index in [-0.39, 0.29) is 11.8 Å². The van der Waals surface area contributed by atoms with Crippen molar-refractivity contribution in [1.82, 2.24) is 5.32 Å². The topological polar surface area (TPSA) is 29.1 Å². The van der Waals surface area contributed by atoms with Crippen LogP contribution in [0.5, 0.6) is 0 Å². The average molecular weight is 191 g/mol. The van der Waals surface area contributed by atoms with E-state index in [1.807, 2.05) is 39.0 Å². The van der Waals surface area contributed by atoms with E-state index in [0.29, 0.717) is 0 Å². The number of likely N-dealkylation sites (N-methyl/N-ethyl adjacent to an activating group) is 1. The highest BCUT2D eigenvalue weighted by atomic mass is 16.1. The summed E-state index contributed by atoms with van der Waals surface area (Å²) in [5, 5.41) is 2.96. The molecule has 0 radical (unpaired) electrons. The lowest BCUT2D eigenvalue weighted by Crippen LogP contribution is -2.31. The Balaban J connectivity index is 3.07. The van der Waals surface area contributed by atoms with E-state index in [1.54, 1.807) is 7.05 Å². The van der Waals surface area contributed by atoms with E-state index >= 15 is 0 Å². The molecule has 1 aromatic rings. The highest BCUT2D eigenvalue weighted by Gasteiger charge is 2.15. The van der Waals surface area contributed by atoms with Crippen LogP contribution in [0.2, 0.25) is 0 Å². The number of rotatable bonds is 3. The van der Waals surface area contributed by atoms with E-state index in [9.17, 15) is 4.79 Å². The van der Waals surface area contributed by atoms with Crippen molar-refractivity contribution in [2.24, 2.45) is 0 Å². The molecular formula is C12H17NO. The molecule has 0 saturated carbocycles. The zero-order valence-electron chi connectivity index (χ0n) is 9.22. The van der Waals surface area contributed by atoms with Gasteiger partial charge in [-0.15, -0.1) is 0 Å². The summed E-state index contributed by atoms with van der Waals surface area (Å²) in [5.41, 5.74) is 3.07. The molecule has 0 aliphatic rings. The maximum atomic E-state index is 11.9. The van der Waals surface area contributed by atoms with Crippen molar-refractivity contribution < 1.29 is 4.79 Å². The van der Waals surface area contributed by atoms with Crippen LogP contribution in [0.25, 0.3) is 0 Å². The van der Waals surface area contributed by atoms with Gasteiger partial charge in [0.2, 0.25) is 0 Å². The predicted molar refractivity (Wildman–Crippen MR) is 58.8 cm³/mol. The summed E-state index contributed by atoms with van der Waals surface area (Å²) in [5.74, 6) is 0.161. The average Bonchev–Trinajstić information content (AvgIpc) is 2.20. The number of Topliss-reactive ketones (excluding diaryl/α,β-unsaturated/α-hetero) is 1. The quantitative estimate of drug-likeness (QED) is 0.741. The van der Waals surface area contributed by atoms with Crippen LogP contribution >= 0.6 is 0 Å². The molecule has 2 heteroatoms. The molecule has 0 aliphatic heterocycles. The van der Waals surface area contributed by atoms with Crippen LogP contribution in [0, 0.1) is 13.8 Å². The molecule has 1 aromatic carbocycles. The zero-order valence-corrected chi connectivity index (χ0v) is 9.22. The molecule has 0 amide bonds. The van der Waals surface area contributed by atoms with E-state index in [2.05, 4.69) is 5.32 Å². The third kappa shape index (κ3) is 2.02. The Bertz CT molecular complexity index is 344. The summed E-state index contributed by atoms with van der Waals surface area (Å²) in [6, 6.07) is 5.72. The number of carbonyl (C=O) groups is 1. The lowest BCUT2D eigenvalue weighted by atomic mass is 9.97. The molecule has 1 rings (SSSR count). The maximum absolute atomic E-state index is 11.9. The first-order valence-electron chi connectivity index (χ1n) is 4.85. The Morgan fingerprint density at radius 2 is 2.00 bits per heavy atom. The summed E-state index contributed by atoms with van der Waals surface area (Å²) in [7, 11) is 1.80. The lowest BCUT2D eigenvalue weighted by molar-refractivity contribution is 0.0954. The van der Waals surface area contributed by atoms with Crippen LogP contribution in [0.1, 0.15) is 28.4 Å². The number of hydrogen-bond acceptors (Lipinski definition) is 2. The fourth-order valence-electron chi connectivity index (χ4n) is 1.38. The molecule has 0 heterocycles. The lowest BCUT2D eigenvalue weighted by Gasteiger charge is -2.12. The van der Waals surface area contributed by atoms with Crippen LogP contribution in [0.15, 0.2) is 18.2 Å². The second kappa shape index (κ2) is 4.38. The molecule has 1 N–H and O–H groups in total. The van der Waals surface area contributed by atoms with E-state index in [1.165, 1.54) is 5.56 Å². The third-order valence-corrected chi connectivity index (χ3v) is 2.70. The number of hydrogen-bond donors (Lipinski definition) is 1. The summed E-state index contributed by atoms with van der Waals surface area (Å²) in [6.07, 6.45) is 0. The van der Waals surface area contributed by atoms with Crippen molar-refractivity contribution in [2.45, 2.75) is 26.8 Å². The van der Waals surface area contributed by atoms with Crippen LogP contribution < -0.4 is 5.32 Å². The predicted octanol–water partition coefficient (Wildman–Crippen LogP) is 2.09. The molecular weight excluding hydrogens is 174 g/mol. The molecule has 0 aliphatic carbocycles. The van der Waals surface area contributed by atoms with Gasteiger partial charge in [0.05, 0.1) is 6.04 Å². The van der Waals surface area contributed by atoms with Gasteiger partial charge in [0.15, 0.2) is 5.78 Å². The molecule has 2 nitrogen and oxygen atoms in total. The van der Waals surface area contributed by atoms with Gasteiger partial charge >= 0.3 is 0 Å². The van der Waals surface area contributed by atoms with Gasteiger partial charge in [-0.1, -0.05) is 18.2 Å². The largest absolute Gasteiger partial charge is 0.310 e. The van der Waals surface area contributed by atoms with Gasteiger partial charge in [0.1, 0.15) is 0 Å². The molecule has 1 unspecified atom stereocenters. The minimum atomic E-state index is -0.115. The third-order valence-electron chi connectivity index (χ3n) is 2.70. The molecule has 76 valence electrons. The molecule has 14 heavy (non-hydrogen) atoms. The van der Waals surface area contributed by atoms with Crippen LogP contribution in [-0.2, 0) is 0 Å². The number of ketones is 1. The standard InChI is InChI=1S/C12H17NO/c1-8-6-5-7-11(9(8)2)12(14)10(3)13-4/h5-7,10,13H,1-4H3. The first-order valence-corrected chi connectivity index (χ1v) is 4.85. The normalized spacial score (nSPS) is 12.6. The number of nitrogens with one attached hydrogen (secondary N) is 1. The Labute approximate surface area is 85.3 Å². The molecule has 0 bridgehead atoms. The summed E-state index contributed by atoms with van der Waals surface area (Å²) in [4.78, 5) is 11.9. The first kappa shape index (κ1) is 10.9. The number of aryl methyl sites for hydroxylation is 1. The minimum Gasteiger partial charge on any atom is -0.310 e. The van der Waals surface area contributed by atoms with Gasteiger partial charge in [-0.3, -0.25) is 4.79 Å². The maximum Gasteiger partial charge on any atom is 0.179 e. The second-order valence-electron chi connectivity index (χ2n) is 3.62. The van der Waals surface area contributed by atoms with E-state index < -0.39 is 0 Å². The Morgan fingerprint density at radius 1 is 1.36 bits per heavy atom. The van der Waals surface area contributed by atoms with Crippen LogP contribution in [0.3, 0.4) is 0 Å². The number of carbonyl (C=O) groups excluding carboxylic acids is 1. The fraction of sp³-hybridized carbons (Fsp3) is 0.417. The van der Waals surface area contributed by atoms with Crippen molar-refractivity contribution in [3.63, 3.8) is 0 Å². The summed E-state index contributed by atoms with van der Waals surface area (Å²) < 4.78 is 0. The van der Waals surface area contributed by atoms with Crippen molar-refractivity contribution in [1.29, 1.82) is 0 Å². The van der Waals surface area contributed by atoms with Gasteiger partial charge in [-0.2, -0.15) is 0 Å². The Hall–Kier alpha value is -1.15. The van der Waals surface area contributed by atoms with Gasteiger partial charge < -0.3 is 5.32 Å². The smallest absolute Gasteiger partial charge is 0.179 e. The van der Waals surface area contributed by atoms with E-state index in [0.717, 1.165) is 11.1 Å². The molecule has 1 atom stereocenters. The molecule has 0 saturated heterocycles. The minimum absolute atomic E-state index is 0.115. The Morgan fingerprint density at radius 3 is 2.57 bits per heavy atom. The van der Waals surface area contributed by atoms with Crippen LogP contribution in [0.4, 0.5) is 0 Å². The van der Waals surface area contributed by atoms with Gasteiger partial charge in [0.25, 0.3) is 0 Å². The van der Waals surface area contributed by atoms with Crippen molar-refractivity contribution in [3.8, 4) is 0 Å².